The van der Waals surface area contributed by atoms with E-state index in [0.717, 1.165) is 55.9 Å². The molecule has 3 aromatic rings. The molecule has 5 heteroatoms. The number of hydrogen-bond donors (Lipinski definition) is 3. The molecule has 146 valence electrons. The highest BCUT2D eigenvalue weighted by atomic mass is 16.1. The van der Waals surface area contributed by atoms with Gasteiger partial charge in [-0.3, -0.25) is 4.79 Å². The maximum absolute atomic E-state index is 12.6. The molecule has 1 aliphatic rings. The summed E-state index contributed by atoms with van der Waals surface area (Å²) in [6.07, 6.45) is 4.34. The van der Waals surface area contributed by atoms with E-state index in [1.807, 2.05) is 24.3 Å². The third-order valence-corrected chi connectivity index (χ3v) is 5.66. The summed E-state index contributed by atoms with van der Waals surface area (Å²) in [7, 11) is 2.23. The smallest absolute Gasteiger partial charge is 0.224 e. The van der Waals surface area contributed by atoms with Crippen LogP contribution in [0.1, 0.15) is 18.4 Å². The minimum atomic E-state index is 0.0899. The van der Waals surface area contributed by atoms with E-state index in [-0.39, 0.29) is 5.91 Å². The lowest BCUT2D eigenvalue weighted by atomic mass is 10.1. The number of hydrogen-bond acceptors (Lipinski definition) is 2. The number of piperazine rings is 1. The van der Waals surface area contributed by atoms with Gasteiger partial charge < -0.3 is 20.1 Å². The van der Waals surface area contributed by atoms with Crippen molar-refractivity contribution in [2.45, 2.75) is 19.3 Å². The Morgan fingerprint density at radius 2 is 1.86 bits per heavy atom. The van der Waals surface area contributed by atoms with E-state index in [9.17, 15) is 4.79 Å². The third kappa shape index (κ3) is 4.20. The number of carbonyl (C=O) groups is 1. The van der Waals surface area contributed by atoms with Crippen LogP contribution in [0.5, 0.6) is 0 Å². The summed E-state index contributed by atoms with van der Waals surface area (Å²) in [5, 5.41) is 4.40. The third-order valence-electron chi connectivity index (χ3n) is 5.66. The van der Waals surface area contributed by atoms with Crippen molar-refractivity contribution in [2.75, 3.05) is 43.4 Å². The molecule has 3 N–H and O–H groups in total. The first-order chi connectivity index (χ1) is 13.7. The number of amides is 1. The zero-order valence-corrected chi connectivity index (χ0v) is 16.5. The minimum Gasteiger partial charge on any atom is -0.361 e. The van der Waals surface area contributed by atoms with E-state index < -0.39 is 0 Å². The number of aromatic nitrogens is 1. The Bertz CT molecular complexity index is 940. The van der Waals surface area contributed by atoms with Crippen molar-refractivity contribution in [1.29, 1.82) is 0 Å². The van der Waals surface area contributed by atoms with Gasteiger partial charge in [0.25, 0.3) is 0 Å². The van der Waals surface area contributed by atoms with Crippen LogP contribution in [0.15, 0.2) is 54.7 Å². The molecule has 2 heterocycles. The zero-order valence-electron chi connectivity index (χ0n) is 16.5. The van der Waals surface area contributed by atoms with Gasteiger partial charge >= 0.3 is 0 Å². The summed E-state index contributed by atoms with van der Waals surface area (Å²) in [4.78, 5) is 19.8. The number of nitrogens with one attached hydrogen (secondary N) is 3. The number of quaternary nitrogens is 1. The number of aryl methyl sites for hydroxylation is 1. The molecule has 0 saturated carbocycles. The van der Waals surface area contributed by atoms with E-state index in [0.29, 0.717) is 6.42 Å². The molecule has 2 aromatic carbocycles. The molecular formula is C23H29N4O+. The molecule has 1 aliphatic heterocycles. The lowest BCUT2D eigenvalue weighted by Gasteiger charge is -2.33. The summed E-state index contributed by atoms with van der Waals surface area (Å²) in [6.45, 7) is 4.32. The van der Waals surface area contributed by atoms with Crippen LogP contribution in [0, 0.1) is 0 Å². The lowest BCUT2D eigenvalue weighted by Crippen LogP contribution is -3.12. The Kier molecular flexibility index (Phi) is 5.63. The van der Waals surface area contributed by atoms with Gasteiger partial charge in [0.2, 0.25) is 5.91 Å². The average Bonchev–Trinajstić information content (AvgIpc) is 3.12. The van der Waals surface area contributed by atoms with Crippen LogP contribution in [0.4, 0.5) is 11.4 Å². The van der Waals surface area contributed by atoms with Crippen LogP contribution < -0.4 is 15.1 Å². The number of fused-ring (bicyclic) bond motifs is 1. The van der Waals surface area contributed by atoms with E-state index in [4.69, 9.17) is 0 Å². The fourth-order valence-corrected chi connectivity index (χ4v) is 3.97. The van der Waals surface area contributed by atoms with Crippen LogP contribution in [0.3, 0.4) is 0 Å². The van der Waals surface area contributed by atoms with E-state index >= 15 is 0 Å². The van der Waals surface area contributed by atoms with Gasteiger partial charge in [-0.1, -0.05) is 30.3 Å². The van der Waals surface area contributed by atoms with Gasteiger partial charge in [0, 0.05) is 23.5 Å². The quantitative estimate of drug-likeness (QED) is 0.618. The van der Waals surface area contributed by atoms with Crippen molar-refractivity contribution in [3.63, 3.8) is 0 Å². The number of likely N-dealkylation sites (N-methyl/N-ethyl adjacent to an activating group) is 1. The normalized spacial score (nSPS) is 15.1. The number of para-hydroxylation sites is 3. The highest BCUT2D eigenvalue weighted by Crippen LogP contribution is 2.26. The van der Waals surface area contributed by atoms with Crippen molar-refractivity contribution < 1.29 is 9.69 Å². The van der Waals surface area contributed by atoms with Gasteiger partial charge in [0.05, 0.1) is 44.6 Å². The van der Waals surface area contributed by atoms with Crippen LogP contribution in [-0.4, -0.2) is 44.1 Å². The van der Waals surface area contributed by atoms with Crippen LogP contribution in [0.25, 0.3) is 10.9 Å². The van der Waals surface area contributed by atoms with Crippen molar-refractivity contribution in [3.05, 3.63) is 60.3 Å². The number of benzene rings is 2. The fraction of sp³-hybridized carbons (Fsp3) is 0.348. The summed E-state index contributed by atoms with van der Waals surface area (Å²) in [6, 6.07) is 16.5. The van der Waals surface area contributed by atoms with Crippen molar-refractivity contribution in [2.24, 2.45) is 0 Å². The molecule has 0 aliphatic carbocycles. The Hall–Kier alpha value is -2.79. The second-order valence-electron chi connectivity index (χ2n) is 7.72. The molecule has 1 fully saturated rings. The summed E-state index contributed by atoms with van der Waals surface area (Å²) in [5.41, 5.74) is 4.51. The second kappa shape index (κ2) is 8.48. The summed E-state index contributed by atoms with van der Waals surface area (Å²) < 4.78 is 0. The summed E-state index contributed by atoms with van der Waals surface area (Å²) in [5.74, 6) is 0.0899. The number of H-pyrrole nitrogens is 1. The molecule has 1 saturated heterocycles. The van der Waals surface area contributed by atoms with Gasteiger partial charge in [-0.2, -0.15) is 0 Å². The Morgan fingerprint density at radius 3 is 2.71 bits per heavy atom. The molecule has 0 unspecified atom stereocenters. The SMILES string of the molecule is C[NH+]1CCN(c2ccccc2NC(=O)CCCc2c[nH]c3ccccc23)CC1. The van der Waals surface area contributed by atoms with Crippen molar-refractivity contribution in [1.82, 2.24) is 4.98 Å². The number of rotatable bonds is 6. The zero-order chi connectivity index (χ0) is 19.3. The van der Waals surface area contributed by atoms with Gasteiger partial charge in [0.15, 0.2) is 0 Å². The van der Waals surface area contributed by atoms with Gasteiger partial charge in [-0.15, -0.1) is 0 Å². The Labute approximate surface area is 166 Å². The monoisotopic (exact) mass is 377 g/mol. The predicted octanol–water partition coefficient (Wildman–Crippen LogP) is 2.46. The first-order valence-electron chi connectivity index (χ1n) is 10.2. The second-order valence-corrected chi connectivity index (χ2v) is 7.72. The van der Waals surface area contributed by atoms with Gasteiger partial charge in [-0.05, 0) is 36.6 Å². The van der Waals surface area contributed by atoms with E-state index in [2.05, 4.69) is 52.7 Å². The minimum absolute atomic E-state index is 0.0899. The number of carbonyl (C=O) groups excluding carboxylic acids is 1. The molecule has 0 atom stereocenters. The lowest BCUT2D eigenvalue weighted by molar-refractivity contribution is -0.880. The molecule has 0 radical (unpaired) electrons. The number of anilines is 2. The topological polar surface area (TPSA) is 52.6 Å². The molecular weight excluding hydrogens is 348 g/mol. The highest BCUT2D eigenvalue weighted by Gasteiger charge is 2.19. The molecule has 0 bridgehead atoms. The molecule has 1 aromatic heterocycles. The highest BCUT2D eigenvalue weighted by molar-refractivity contribution is 5.94. The van der Waals surface area contributed by atoms with Gasteiger partial charge in [-0.25, -0.2) is 0 Å². The summed E-state index contributed by atoms with van der Waals surface area (Å²) >= 11 is 0. The maximum atomic E-state index is 12.6. The van der Waals surface area contributed by atoms with Crippen molar-refractivity contribution in [3.8, 4) is 0 Å². The van der Waals surface area contributed by atoms with E-state index in [1.54, 1.807) is 4.90 Å². The largest absolute Gasteiger partial charge is 0.361 e. The first kappa shape index (κ1) is 18.6. The molecule has 1 amide bonds. The Balaban J connectivity index is 1.34. The van der Waals surface area contributed by atoms with Crippen LogP contribution in [0.2, 0.25) is 0 Å². The van der Waals surface area contributed by atoms with Crippen LogP contribution >= 0.6 is 0 Å². The fourth-order valence-electron chi connectivity index (χ4n) is 3.97. The molecule has 4 rings (SSSR count). The molecule has 5 nitrogen and oxygen atoms in total. The van der Waals surface area contributed by atoms with Crippen molar-refractivity contribution >= 4 is 28.2 Å². The Morgan fingerprint density at radius 1 is 1.11 bits per heavy atom. The number of aromatic amines is 1. The standard InChI is InChI=1S/C23H28N4O/c1-26-13-15-27(16-14-26)22-11-5-4-10-21(22)25-23(28)12-6-7-18-17-24-20-9-3-2-8-19(18)20/h2-5,8-11,17,24H,6-7,12-16H2,1H3,(H,25,28)/p+1. The van der Waals surface area contributed by atoms with Gasteiger partial charge in [0.1, 0.15) is 0 Å². The van der Waals surface area contributed by atoms with E-state index in [1.165, 1.54) is 10.9 Å². The average molecular weight is 378 g/mol. The maximum Gasteiger partial charge on any atom is 0.224 e. The first-order valence-corrected chi connectivity index (χ1v) is 10.2. The predicted molar refractivity (Wildman–Crippen MR) is 115 cm³/mol. The van der Waals surface area contributed by atoms with Crippen LogP contribution in [-0.2, 0) is 11.2 Å². The molecule has 28 heavy (non-hydrogen) atoms. The molecule has 0 spiro atoms. The number of nitrogens with zero attached hydrogens (tertiary/aromatic N) is 1.